The van der Waals surface area contributed by atoms with Gasteiger partial charge in [-0.3, -0.25) is 9.59 Å². The van der Waals surface area contributed by atoms with Gasteiger partial charge in [0.15, 0.2) is 0 Å². The molecule has 0 aromatic rings. The average molecular weight is 257 g/mol. The van der Waals surface area contributed by atoms with Gasteiger partial charge in [-0.1, -0.05) is 6.92 Å². The molecule has 106 valence electrons. The maximum atomic E-state index is 12.0. The summed E-state index contributed by atoms with van der Waals surface area (Å²) in [6.45, 7) is 9.59. The first-order chi connectivity index (χ1) is 8.30. The van der Waals surface area contributed by atoms with Gasteiger partial charge in [-0.15, -0.1) is 0 Å². The fraction of sp³-hybridized carbons (Fsp3) is 0.846. The molecular weight excluding hydrogens is 230 g/mol. The third-order valence-electron chi connectivity index (χ3n) is 2.45. The summed E-state index contributed by atoms with van der Waals surface area (Å²) in [4.78, 5) is 24.9. The predicted octanol–water partition coefficient (Wildman–Crippen LogP) is 0.749. The molecule has 5 nitrogen and oxygen atoms in total. The van der Waals surface area contributed by atoms with Gasteiger partial charge in [0.25, 0.3) is 0 Å². The Kier molecular flexibility index (Phi) is 7.59. The molecule has 0 bridgehead atoms. The van der Waals surface area contributed by atoms with E-state index >= 15 is 0 Å². The third-order valence-corrected chi connectivity index (χ3v) is 2.45. The number of nitrogens with zero attached hydrogens (tertiary/aromatic N) is 1. The normalized spacial score (nSPS) is 11.2. The molecule has 2 N–H and O–H groups in total. The molecular formula is C13H27N3O2. The number of nitrogens with one attached hydrogen (secondary N) is 2. The fourth-order valence-electron chi connectivity index (χ4n) is 1.52. The topological polar surface area (TPSA) is 61.4 Å². The minimum absolute atomic E-state index is 0.0106. The molecule has 0 aromatic heterocycles. The number of rotatable bonds is 7. The van der Waals surface area contributed by atoms with E-state index in [1.165, 1.54) is 0 Å². The van der Waals surface area contributed by atoms with Crippen molar-refractivity contribution in [2.24, 2.45) is 0 Å². The van der Waals surface area contributed by atoms with Crippen LogP contribution in [0.25, 0.3) is 0 Å². The standard InChI is InChI=1S/C13H27N3O2/c1-6-9-16(10-11(17)14-5)12(18)7-8-15-13(2,3)4/h15H,6-10H2,1-5H3,(H,14,17). The summed E-state index contributed by atoms with van der Waals surface area (Å²) in [5, 5.41) is 5.81. The van der Waals surface area contributed by atoms with Crippen molar-refractivity contribution in [3.8, 4) is 0 Å². The van der Waals surface area contributed by atoms with Gasteiger partial charge in [0.1, 0.15) is 0 Å². The third kappa shape index (κ3) is 8.06. The molecule has 0 aliphatic heterocycles. The lowest BCUT2D eigenvalue weighted by Crippen LogP contribution is -2.43. The van der Waals surface area contributed by atoms with Crippen molar-refractivity contribution >= 4 is 11.8 Å². The maximum absolute atomic E-state index is 12.0. The Morgan fingerprint density at radius 2 is 1.83 bits per heavy atom. The number of amides is 2. The SMILES string of the molecule is CCCN(CC(=O)NC)C(=O)CCNC(C)(C)C. The summed E-state index contributed by atoms with van der Waals surface area (Å²) in [7, 11) is 1.58. The summed E-state index contributed by atoms with van der Waals surface area (Å²) in [6.07, 6.45) is 1.28. The van der Waals surface area contributed by atoms with Crippen LogP contribution in [-0.4, -0.2) is 48.9 Å². The van der Waals surface area contributed by atoms with Gasteiger partial charge in [0.2, 0.25) is 11.8 Å². The van der Waals surface area contributed by atoms with Crippen LogP contribution in [0, 0.1) is 0 Å². The molecule has 0 rings (SSSR count). The first kappa shape index (κ1) is 16.9. The lowest BCUT2D eigenvalue weighted by Gasteiger charge is -2.24. The average Bonchev–Trinajstić information content (AvgIpc) is 2.26. The van der Waals surface area contributed by atoms with Crippen molar-refractivity contribution in [3.63, 3.8) is 0 Å². The molecule has 0 radical (unpaired) electrons. The van der Waals surface area contributed by atoms with Crippen molar-refractivity contribution in [1.29, 1.82) is 0 Å². The zero-order chi connectivity index (χ0) is 14.2. The number of carbonyl (C=O) groups is 2. The van der Waals surface area contributed by atoms with E-state index in [1.54, 1.807) is 11.9 Å². The zero-order valence-electron chi connectivity index (χ0n) is 12.3. The van der Waals surface area contributed by atoms with E-state index in [1.807, 2.05) is 6.92 Å². The number of hydrogen-bond acceptors (Lipinski definition) is 3. The smallest absolute Gasteiger partial charge is 0.239 e. The van der Waals surface area contributed by atoms with Crippen molar-refractivity contribution in [1.82, 2.24) is 15.5 Å². The molecule has 0 spiro atoms. The largest absolute Gasteiger partial charge is 0.358 e. The van der Waals surface area contributed by atoms with Gasteiger partial charge in [0.05, 0.1) is 6.54 Å². The highest BCUT2D eigenvalue weighted by Gasteiger charge is 2.16. The highest BCUT2D eigenvalue weighted by atomic mass is 16.2. The molecule has 0 heterocycles. The second-order valence-corrected chi connectivity index (χ2v) is 5.42. The van der Waals surface area contributed by atoms with Crippen molar-refractivity contribution in [2.45, 2.75) is 46.1 Å². The van der Waals surface area contributed by atoms with E-state index < -0.39 is 0 Å². The van der Waals surface area contributed by atoms with Crippen LogP contribution in [0.15, 0.2) is 0 Å². The van der Waals surface area contributed by atoms with E-state index in [2.05, 4.69) is 31.4 Å². The molecule has 0 saturated carbocycles. The van der Waals surface area contributed by atoms with Crippen LogP contribution in [0.4, 0.5) is 0 Å². The number of hydrogen-bond donors (Lipinski definition) is 2. The Bertz CT molecular complexity index is 272. The Hall–Kier alpha value is -1.10. The molecule has 0 aromatic carbocycles. The first-order valence-corrected chi connectivity index (χ1v) is 6.53. The van der Waals surface area contributed by atoms with Crippen LogP contribution < -0.4 is 10.6 Å². The Morgan fingerprint density at radius 3 is 2.28 bits per heavy atom. The second-order valence-electron chi connectivity index (χ2n) is 5.42. The molecule has 0 saturated heterocycles. The monoisotopic (exact) mass is 257 g/mol. The minimum atomic E-state index is -0.124. The van der Waals surface area contributed by atoms with Gasteiger partial charge in [-0.25, -0.2) is 0 Å². The van der Waals surface area contributed by atoms with Crippen molar-refractivity contribution in [3.05, 3.63) is 0 Å². The van der Waals surface area contributed by atoms with Crippen LogP contribution >= 0.6 is 0 Å². The summed E-state index contributed by atoms with van der Waals surface area (Å²) in [5.41, 5.74) is 0.0106. The molecule has 0 aliphatic rings. The lowest BCUT2D eigenvalue weighted by atomic mass is 10.1. The number of carbonyl (C=O) groups excluding carboxylic acids is 2. The molecule has 2 amide bonds. The van der Waals surface area contributed by atoms with E-state index in [4.69, 9.17) is 0 Å². The van der Waals surface area contributed by atoms with E-state index in [-0.39, 0.29) is 23.9 Å². The van der Waals surface area contributed by atoms with E-state index in [0.29, 0.717) is 19.5 Å². The second kappa shape index (κ2) is 8.08. The highest BCUT2D eigenvalue weighted by molar-refractivity contribution is 5.84. The molecule has 0 fully saturated rings. The molecule has 0 atom stereocenters. The van der Waals surface area contributed by atoms with Crippen LogP contribution in [0.1, 0.15) is 40.5 Å². The Morgan fingerprint density at radius 1 is 1.22 bits per heavy atom. The van der Waals surface area contributed by atoms with Gasteiger partial charge >= 0.3 is 0 Å². The van der Waals surface area contributed by atoms with E-state index in [9.17, 15) is 9.59 Å². The van der Waals surface area contributed by atoms with Crippen LogP contribution in [0.3, 0.4) is 0 Å². The predicted molar refractivity (Wildman–Crippen MR) is 73.3 cm³/mol. The first-order valence-electron chi connectivity index (χ1n) is 6.53. The Balaban J connectivity index is 4.18. The summed E-state index contributed by atoms with van der Waals surface area (Å²) in [5.74, 6) is -0.0993. The van der Waals surface area contributed by atoms with Crippen LogP contribution in [0.5, 0.6) is 0 Å². The van der Waals surface area contributed by atoms with Gasteiger partial charge in [-0.05, 0) is 27.2 Å². The summed E-state index contributed by atoms with van der Waals surface area (Å²) < 4.78 is 0. The van der Waals surface area contributed by atoms with Crippen LogP contribution in [-0.2, 0) is 9.59 Å². The molecule has 18 heavy (non-hydrogen) atoms. The zero-order valence-corrected chi connectivity index (χ0v) is 12.3. The molecule has 0 unspecified atom stereocenters. The number of likely N-dealkylation sites (N-methyl/N-ethyl adjacent to an activating group) is 1. The van der Waals surface area contributed by atoms with Gasteiger partial charge in [0, 0.05) is 32.1 Å². The quantitative estimate of drug-likeness (QED) is 0.707. The highest BCUT2D eigenvalue weighted by Crippen LogP contribution is 2.00. The van der Waals surface area contributed by atoms with Crippen molar-refractivity contribution in [2.75, 3.05) is 26.7 Å². The summed E-state index contributed by atoms with van der Waals surface area (Å²) in [6, 6.07) is 0. The van der Waals surface area contributed by atoms with Gasteiger partial charge in [-0.2, -0.15) is 0 Å². The summed E-state index contributed by atoms with van der Waals surface area (Å²) >= 11 is 0. The van der Waals surface area contributed by atoms with Gasteiger partial charge < -0.3 is 15.5 Å². The fourth-order valence-corrected chi connectivity index (χ4v) is 1.52. The maximum Gasteiger partial charge on any atom is 0.239 e. The molecule has 0 aliphatic carbocycles. The Labute approximate surface area is 110 Å². The minimum Gasteiger partial charge on any atom is -0.358 e. The van der Waals surface area contributed by atoms with Crippen molar-refractivity contribution < 1.29 is 9.59 Å². The van der Waals surface area contributed by atoms with Crippen LogP contribution in [0.2, 0.25) is 0 Å². The molecule has 5 heteroatoms. The van der Waals surface area contributed by atoms with E-state index in [0.717, 1.165) is 6.42 Å². The lowest BCUT2D eigenvalue weighted by molar-refractivity contribution is -0.135.